The number of imidazole rings is 1. The van der Waals surface area contributed by atoms with E-state index in [0.717, 1.165) is 23.9 Å². The van der Waals surface area contributed by atoms with Crippen LogP contribution in [0, 0.1) is 0 Å². The number of aromatic amines is 1. The zero-order chi connectivity index (χ0) is 18.0. The van der Waals surface area contributed by atoms with E-state index in [1.807, 2.05) is 26.8 Å². The SMILES string of the molecule is CC(C)(C)OC(=O)N1CCC(NC(=O)c2ccc3nc[nH]c3c2)CC1. The summed E-state index contributed by atoms with van der Waals surface area (Å²) < 4.78 is 5.39. The fourth-order valence-corrected chi connectivity index (χ4v) is 2.88. The number of carbonyl (C=O) groups excluding carboxylic acids is 2. The number of benzene rings is 1. The Morgan fingerprint density at radius 2 is 2.00 bits per heavy atom. The standard InChI is InChI=1S/C18H24N4O3/c1-18(2,3)25-17(24)22-8-6-13(7-9-22)21-16(23)12-4-5-14-15(10-12)20-11-19-14/h4-5,10-11,13H,6-9H2,1-3H3,(H,19,20)(H,21,23). The molecule has 1 fully saturated rings. The van der Waals surface area contributed by atoms with Gasteiger partial charge in [-0.2, -0.15) is 0 Å². The van der Waals surface area contributed by atoms with E-state index in [2.05, 4.69) is 15.3 Å². The lowest BCUT2D eigenvalue weighted by Crippen LogP contribution is -2.47. The highest BCUT2D eigenvalue weighted by Crippen LogP contribution is 2.17. The third-order valence-electron chi connectivity index (χ3n) is 4.16. The molecule has 0 aliphatic carbocycles. The molecular weight excluding hydrogens is 320 g/mol. The molecule has 25 heavy (non-hydrogen) atoms. The van der Waals surface area contributed by atoms with Crippen LogP contribution in [0.3, 0.4) is 0 Å². The van der Waals surface area contributed by atoms with Crippen LogP contribution in [0.2, 0.25) is 0 Å². The van der Waals surface area contributed by atoms with Crippen LogP contribution in [-0.4, -0.2) is 51.6 Å². The van der Waals surface area contributed by atoms with Crippen LogP contribution in [-0.2, 0) is 4.74 Å². The topological polar surface area (TPSA) is 87.3 Å². The minimum Gasteiger partial charge on any atom is -0.444 e. The zero-order valence-corrected chi connectivity index (χ0v) is 14.8. The number of aromatic nitrogens is 2. The summed E-state index contributed by atoms with van der Waals surface area (Å²) in [5.41, 5.74) is 1.79. The van der Waals surface area contributed by atoms with Crippen molar-refractivity contribution in [1.82, 2.24) is 20.2 Å². The molecule has 7 heteroatoms. The molecule has 2 heterocycles. The van der Waals surface area contributed by atoms with Crippen LogP contribution in [0.4, 0.5) is 4.79 Å². The number of rotatable bonds is 2. The van der Waals surface area contributed by atoms with Crippen molar-refractivity contribution < 1.29 is 14.3 Å². The van der Waals surface area contributed by atoms with Crippen molar-refractivity contribution in [3.05, 3.63) is 30.1 Å². The van der Waals surface area contributed by atoms with Crippen LogP contribution in [0.5, 0.6) is 0 Å². The molecule has 0 spiro atoms. The Balaban J connectivity index is 1.53. The molecule has 1 aliphatic rings. The van der Waals surface area contributed by atoms with Gasteiger partial charge in [0.25, 0.3) is 5.91 Å². The van der Waals surface area contributed by atoms with Crippen molar-refractivity contribution in [3.63, 3.8) is 0 Å². The highest BCUT2D eigenvalue weighted by Gasteiger charge is 2.27. The summed E-state index contributed by atoms with van der Waals surface area (Å²) in [4.78, 5) is 33.4. The average molecular weight is 344 g/mol. The average Bonchev–Trinajstić information content (AvgIpc) is 3.01. The first-order valence-electron chi connectivity index (χ1n) is 8.54. The lowest BCUT2D eigenvalue weighted by atomic mass is 10.0. The second-order valence-electron chi connectivity index (χ2n) is 7.35. The smallest absolute Gasteiger partial charge is 0.410 e. The molecule has 2 N–H and O–H groups in total. The molecule has 0 unspecified atom stereocenters. The summed E-state index contributed by atoms with van der Waals surface area (Å²) in [6, 6.07) is 5.46. The van der Waals surface area contributed by atoms with Crippen LogP contribution in [0.1, 0.15) is 44.0 Å². The molecule has 7 nitrogen and oxygen atoms in total. The number of piperidine rings is 1. The second-order valence-corrected chi connectivity index (χ2v) is 7.35. The van der Waals surface area contributed by atoms with Gasteiger partial charge in [0.1, 0.15) is 5.60 Å². The van der Waals surface area contributed by atoms with Crippen LogP contribution >= 0.6 is 0 Å². The molecule has 2 aromatic rings. The molecule has 0 saturated carbocycles. The predicted molar refractivity (Wildman–Crippen MR) is 94.4 cm³/mol. The van der Waals surface area contributed by atoms with Crippen molar-refractivity contribution in [2.75, 3.05) is 13.1 Å². The van der Waals surface area contributed by atoms with E-state index < -0.39 is 5.60 Å². The van der Waals surface area contributed by atoms with E-state index in [1.165, 1.54) is 0 Å². The van der Waals surface area contributed by atoms with Gasteiger partial charge in [-0.3, -0.25) is 4.79 Å². The molecule has 1 aromatic carbocycles. The van der Waals surface area contributed by atoms with Crippen molar-refractivity contribution >= 4 is 23.0 Å². The van der Waals surface area contributed by atoms with Gasteiger partial charge in [-0.1, -0.05) is 0 Å². The molecule has 0 atom stereocenters. The maximum atomic E-state index is 12.4. The summed E-state index contributed by atoms with van der Waals surface area (Å²) in [6.45, 7) is 6.73. The van der Waals surface area contributed by atoms with Gasteiger partial charge in [0.2, 0.25) is 0 Å². The third kappa shape index (κ3) is 4.29. The first-order chi connectivity index (χ1) is 11.8. The number of hydrogen-bond donors (Lipinski definition) is 2. The number of ether oxygens (including phenoxy) is 1. The first kappa shape index (κ1) is 17.3. The Morgan fingerprint density at radius 1 is 1.28 bits per heavy atom. The molecule has 0 bridgehead atoms. The monoisotopic (exact) mass is 344 g/mol. The number of nitrogens with zero attached hydrogens (tertiary/aromatic N) is 2. The van der Waals surface area contributed by atoms with Gasteiger partial charge in [0.05, 0.1) is 17.4 Å². The maximum absolute atomic E-state index is 12.4. The number of H-pyrrole nitrogens is 1. The van der Waals surface area contributed by atoms with E-state index in [0.29, 0.717) is 18.7 Å². The lowest BCUT2D eigenvalue weighted by molar-refractivity contribution is 0.0199. The maximum Gasteiger partial charge on any atom is 0.410 e. The lowest BCUT2D eigenvalue weighted by Gasteiger charge is -2.33. The summed E-state index contributed by atoms with van der Waals surface area (Å²) in [6.07, 6.45) is 2.76. The quantitative estimate of drug-likeness (QED) is 0.877. The molecule has 2 amide bonds. The summed E-state index contributed by atoms with van der Waals surface area (Å²) in [7, 11) is 0. The fourth-order valence-electron chi connectivity index (χ4n) is 2.88. The van der Waals surface area contributed by atoms with Gasteiger partial charge in [0, 0.05) is 24.7 Å². The van der Waals surface area contributed by atoms with Crippen molar-refractivity contribution in [1.29, 1.82) is 0 Å². The first-order valence-corrected chi connectivity index (χ1v) is 8.54. The Labute approximate surface area is 146 Å². The van der Waals surface area contributed by atoms with Crippen molar-refractivity contribution in [3.8, 4) is 0 Å². The Kier molecular flexibility index (Phi) is 4.65. The van der Waals surface area contributed by atoms with Gasteiger partial charge in [-0.25, -0.2) is 9.78 Å². The van der Waals surface area contributed by atoms with E-state index in [1.54, 1.807) is 23.4 Å². The van der Waals surface area contributed by atoms with Gasteiger partial charge >= 0.3 is 6.09 Å². The second kappa shape index (κ2) is 6.74. The van der Waals surface area contributed by atoms with E-state index in [4.69, 9.17) is 4.74 Å². The largest absolute Gasteiger partial charge is 0.444 e. The normalized spacial score (nSPS) is 16.0. The Morgan fingerprint density at radius 3 is 2.68 bits per heavy atom. The molecule has 1 saturated heterocycles. The third-order valence-corrected chi connectivity index (χ3v) is 4.16. The number of fused-ring (bicyclic) bond motifs is 1. The fraction of sp³-hybridized carbons (Fsp3) is 0.500. The molecule has 0 radical (unpaired) electrons. The predicted octanol–water partition coefficient (Wildman–Crippen LogP) is 2.69. The molecule has 1 aromatic heterocycles. The molecular formula is C18H24N4O3. The van der Waals surface area contributed by atoms with Gasteiger partial charge < -0.3 is 19.9 Å². The molecule has 134 valence electrons. The van der Waals surface area contributed by atoms with Gasteiger partial charge in [-0.05, 0) is 51.8 Å². The Bertz CT molecular complexity index is 770. The van der Waals surface area contributed by atoms with Crippen LogP contribution in [0.15, 0.2) is 24.5 Å². The summed E-state index contributed by atoms with van der Waals surface area (Å²) in [5.74, 6) is -0.104. The number of carbonyl (C=O) groups is 2. The van der Waals surface area contributed by atoms with E-state index in [9.17, 15) is 9.59 Å². The zero-order valence-electron chi connectivity index (χ0n) is 14.8. The number of nitrogens with one attached hydrogen (secondary N) is 2. The number of likely N-dealkylation sites (tertiary alicyclic amines) is 1. The molecule has 3 rings (SSSR count). The van der Waals surface area contributed by atoms with Gasteiger partial charge in [-0.15, -0.1) is 0 Å². The minimum absolute atomic E-state index is 0.0589. The molecule has 1 aliphatic heterocycles. The van der Waals surface area contributed by atoms with E-state index >= 15 is 0 Å². The number of hydrogen-bond acceptors (Lipinski definition) is 4. The van der Waals surface area contributed by atoms with E-state index in [-0.39, 0.29) is 18.0 Å². The highest BCUT2D eigenvalue weighted by molar-refractivity contribution is 5.97. The van der Waals surface area contributed by atoms with Crippen LogP contribution in [0.25, 0.3) is 11.0 Å². The summed E-state index contributed by atoms with van der Waals surface area (Å²) in [5, 5.41) is 3.05. The van der Waals surface area contributed by atoms with Crippen LogP contribution < -0.4 is 5.32 Å². The minimum atomic E-state index is -0.493. The Hall–Kier alpha value is -2.57. The summed E-state index contributed by atoms with van der Waals surface area (Å²) >= 11 is 0. The van der Waals surface area contributed by atoms with Crippen molar-refractivity contribution in [2.24, 2.45) is 0 Å². The highest BCUT2D eigenvalue weighted by atomic mass is 16.6. The van der Waals surface area contributed by atoms with Crippen molar-refractivity contribution in [2.45, 2.75) is 45.3 Å². The number of amides is 2. The van der Waals surface area contributed by atoms with Gasteiger partial charge in [0.15, 0.2) is 0 Å².